The smallest absolute Gasteiger partial charge is 0.305 e. The van der Waals surface area contributed by atoms with Gasteiger partial charge in [-0.2, -0.15) is 0 Å². The third-order valence-electron chi connectivity index (χ3n) is 2.95. The SMILES string of the molecule is CCCCCCOC(=O)CCCc1ccccc1. The molecule has 18 heavy (non-hydrogen) atoms. The van der Waals surface area contributed by atoms with Gasteiger partial charge in [-0.05, 0) is 24.8 Å². The first-order valence-electron chi connectivity index (χ1n) is 7.02. The molecule has 2 heteroatoms. The lowest BCUT2D eigenvalue weighted by Gasteiger charge is -2.04. The highest BCUT2D eigenvalue weighted by Crippen LogP contribution is 2.06. The Balaban J connectivity index is 2.00. The maximum Gasteiger partial charge on any atom is 0.305 e. The van der Waals surface area contributed by atoms with E-state index in [2.05, 4.69) is 19.1 Å². The van der Waals surface area contributed by atoms with Crippen molar-refractivity contribution in [1.29, 1.82) is 0 Å². The molecule has 0 fully saturated rings. The van der Waals surface area contributed by atoms with Crippen LogP contribution in [0.2, 0.25) is 0 Å². The van der Waals surface area contributed by atoms with Crippen LogP contribution >= 0.6 is 0 Å². The Labute approximate surface area is 110 Å². The zero-order valence-corrected chi connectivity index (χ0v) is 11.4. The Morgan fingerprint density at radius 1 is 1.06 bits per heavy atom. The number of hydrogen-bond donors (Lipinski definition) is 0. The van der Waals surface area contributed by atoms with Crippen molar-refractivity contribution < 1.29 is 9.53 Å². The predicted molar refractivity (Wildman–Crippen MR) is 74.5 cm³/mol. The van der Waals surface area contributed by atoms with Crippen LogP contribution in [-0.2, 0) is 16.0 Å². The van der Waals surface area contributed by atoms with Gasteiger partial charge in [-0.3, -0.25) is 4.79 Å². The van der Waals surface area contributed by atoms with E-state index in [1.54, 1.807) is 0 Å². The lowest BCUT2D eigenvalue weighted by atomic mass is 10.1. The molecule has 0 heterocycles. The van der Waals surface area contributed by atoms with Gasteiger partial charge in [0.25, 0.3) is 0 Å². The van der Waals surface area contributed by atoms with Crippen molar-refractivity contribution in [3.05, 3.63) is 35.9 Å². The van der Waals surface area contributed by atoms with Crippen LogP contribution in [0, 0.1) is 0 Å². The summed E-state index contributed by atoms with van der Waals surface area (Å²) < 4.78 is 5.19. The van der Waals surface area contributed by atoms with E-state index in [1.165, 1.54) is 18.4 Å². The summed E-state index contributed by atoms with van der Waals surface area (Å²) in [4.78, 5) is 11.4. The lowest BCUT2D eigenvalue weighted by Crippen LogP contribution is -2.06. The van der Waals surface area contributed by atoms with E-state index in [9.17, 15) is 4.79 Å². The first-order valence-corrected chi connectivity index (χ1v) is 7.02. The van der Waals surface area contributed by atoms with Crippen molar-refractivity contribution in [1.82, 2.24) is 0 Å². The van der Waals surface area contributed by atoms with Gasteiger partial charge in [0.15, 0.2) is 0 Å². The van der Waals surface area contributed by atoms with Gasteiger partial charge in [0.05, 0.1) is 6.61 Å². The van der Waals surface area contributed by atoms with E-state index in [1.807, 2.05) is 18.2 Å². The zero-order valence-electron chi connectivity index (χ0n) is 11.4. The van der Waals surface area contributed by atoms with Gasteiger partial charge in [-0.25, -0.2) is 0 Å². The summed E-state index contributed by atoms with van der Waals surface area (Å²) in [6.07, 6.45) is 6.95. The van der Waals surface area contributed by atoms with Crippen molar-refractivity contribution in [2.45, 2.75) is 51.9 Å². The number of benzene rings is 1. The van der Waals surface area contributed by atoms with Gasteiger partial charge in [-0.1, -0.05) is 56.5 Å². The van der Waals surface area contributed by atoms with Crippen LogP contribution in [0.5, 0.6) is 0 Å². The maximum atomic E-state index is 11.4. The van der Waals surface area contributed by atoms with Crippen LogP contribution in [0.15, 0.2) is 30.3 Å². The van der Waals surface area contributed by atoms with Crippen LogP contribution in [0.4, 0.5) is 0 Å². The monoisotopic (exact) mass is 248 g/mol. The van der Waals surface area contributed by atoms with Crippen LogP contribution in [0.1, 0.15) is 51.0 Å². The number of esters is 1. The van der Waals surface area contributed by atoms with Gasteiger partial charge < -0.3 is 4.74 Å². The van der Waals surface area contributed by atoms with Crippen LogP contribution in [0.3, 0.4) is 0 Å². The van der Waals surface area contributed by atoms with Gasteiger partial charge in [-0.15, -0.1) is 0 Å². The highest BCUT2D eigenvalue weighted by molar-refractivity contribution is 5.69. The lowest BCUT2D eigenvalue weighted by molar-refractivity contribution is -0.143. The minimum absolute atomic E-state index is 0.0533. The second kappa shape index (κ2) is 9.69. The van der Waals surface area contributed by atoms with Crippen molar-refractivity contribution in [2.24, 2.45) is 0 Å². The van der Waals surface area contributed by atoms with Crippen LogP contribution < -0.4 is 0 Å². The summed E-state index contributed by atoms with van der Waals surface area (Å²) in [5.74, 6) is -0.0533. The fraction of sp³-hybridized carbons (Fsp3) is 0.562. The molecule has 100 valence electrons. The summed E-state index contributed by atoms with van der Waals surface area (Å²) in [5.41, 5.74) is 1.29. The van der Waals surface area contributed by atoms with E-state index >= 15 is 0 Å². The average Bonchev–Trinajstić information content (AvgIpc) is 2.40. The minimum Gasteiger partial charge on any atom is -0.466 e. The van der Waals surface area contributed by atoms with Crippen LogP contribution in [0.25, 0.3) is 0 Å². The molecule has 0 saturated carbocycles. The summed E-state index contributed by atoms with van der Waals surface area (Å²) in [6, 6.07) is 10.3. The molecule has 0 aliphatic rings. The fourth-order valence-corrected chi connectivity index (χ4v) is 1.87. The molecule has 0 bridgehead atoms. The largest absolute Gasteiger partial charge is 0.466 e. The molecule has 0 spiro atoms. The van der Waals surface area contributed by atoms with E-state index < -0.39 is 0 Å². The molecule has 0 aliphatic carbocycles. The number of aryl methyl sites for hydroxylation is 1. The second-order valence-corrected chi connectivity index (χ2v) is 4.62. The molecule has 0 unspecified atom stereocenters. The Bertz CT molecular complexity index is 319. The molecule has 1 aromatic rings. The third kappa shape index (κ3) is 7.10. The molecule has 0 saturated heterocycles. The van der Waals surface area contributed by atoms with Gasteiger partial charge in [0.1, 0.15) is 0 Å². The highest BCUT2D eigenvalue weighted by Gasteiger charge is 2.02. The number of carbonyl (C=O) groups excluding carboxylic acids is 1. The Hall–Kier alpha value is -1.31. The van der Waals surface area contributed by atoms with Gasteiger partial charge in [0, 0.05) is 6.42 Å². The number of ether oxygens (including phenoxy) is 1. The number of rotatable bonds is 9. The molecule has 2 nitrogen and oxygen atoms in total. The fourth-order valence-electron chi connectivity index (χ4n) is 1.87. The molecule has 0 aromatic heterocycles. The Kier molecular flexibility index (Phi) is 7.94. The minimum atomic E-state index is -0.0533. The molecule has 1 rings (SSSR count). The highest BCUT2D eigenvalue weighted by atomic mass is 16.5. The summed E-state index contributed by atoms with van der Waals surface area (Å²) in [5, 5.41) is 0. The third-order valence-corrected chi connectivity index (χ3v) is 2.95. The Morgan fingerprint density at radius 2 is 1.83 bits per heavy atom. The molecular weight excluding hydrogens is 224 g/mol. The van der Waals surface area contributed by atoms with E-state index in [4.69, 9.17) is 4.74 Å². The van der Waals surface area contributed by atoms with Crippen molar-refractivity contribution in [3.63, 3.8) is 0 Å². The van der Waals surface area contributed by atoms with Gasteiger partial charge in [0.2, 0.25) is 0 Å². The molecule has 0 radical (unpaired) electrons. The summed E-state index contributed by atoms with van der Waals surface area (Å²) in [6.45, 7) is 2.76. The van der Waals surface area contributed by atoms with E-state index in [0.29, 0.717) is 13.0 Å². The molecule has 0 atom stereocenters. The normalized spacial score (nSPS) is 10.3. The number of carbonyl (C=O) groups is 1. The van der Waals surface area contributed by atoms with Gasteiger partial charge >= 0.3 is 5.97 Å². The maximum absolute atomic E-state index is 11.4. The second-order valence-electron chi connectivity index (χ2n) is 4.62. The summed E-state index contributed by atoms with van der Waals surface area (Å²) >= 11 is 0. The van der Waals surface area contributed by atoms with Crippen LogP contribution in [-0.4, -0.2) is 12.6 Å². The molecule has 0 aliphatic heterocycles. The number of unbranched alkanes of at least 4 members (excludes halogenated alkanes) is 3. The quantitative estimate of drug-likeness (QED) is 0.485. The average molecular weight is 248 g/mol. The van der Waals surface area contributed by atoms with Crippen molar-refractivity contribution in [3.8, 4) is 0 Å². The first-order chi connectivity index (χ1) is 8.83. The standard InChI is InChI=1S/C16H24O2/c1-2-3-4-8-14-18-16(17)13-9-12-15-10-6-5-7-11-15/h5-7,10-11H,2-4,8-9,12-14H2,1H3. The summed E-state index contributed by atoms with van der Waals surface area (Å²) in [7, 11) is 0. The van der Waals surface area contributed by atoms with E-state index in [0.717, 1.165) is 25.7 Å². The number of hydrogen-bond acceptors (Lipinski definition) is 2. The molecular formula is C16H24O2. The zero-order chi connectivity index (χ0) is 13.1. The Morgan fingerprint density at radius 3 is 2.56 bits per heavy atom. The van der Waals surface area contributed by atoms with Crippen molar-refractivity contribution in [2.75, 3.05) is 6.61 Å². The topological polar surface area (TPSA) is 26.3 Å². The van der Waals surface area contributed by atoms with E-state index in [-0.39, 0.29) is 5.97 Å². The predicted octanol–water partition coefficient (Wildman–Crippen LogP) is 4.13. The molecule has 1 aromatic carbocycles. The molecule has 0 amide bonds. The van der Waals surface area contributed by atoms with Crippen molar-refractivity contribution >= 4 is 5.97 Å². The first kappa shape index (κ1) is 14.7. The molecule has 0 N–H and O–H groups in total.